The summed E-state index contributed by atoms with van der Waals surface area (Å²) in [6, 6.07) is 10.00. The number of carbonyl (C=O) groups is 1. The number of nitrogens with zero attached hydrogens (tertiary/aromatic N) is 4. The Morgan fingerprint density at radius 3 is 2.92 bits per heavy atom. The minimum absolute atomic E-state index is 0.0418. The molecule has 1 aliphatic carbocycles. The average molecular weight is 322 g/mol. The summed E-state index contributed by atoms with van der Waals surface area (Å²) in [6.45, 7) is 0. The quantitative estimate of drug-likeness (QED) is 0.801. The lowest BCUT2D eigenvalue weighted by atomic mass is 9.85. The first-order valence-corrected chi connectivity index (χ1v) is 8.12. The fourth-order valence-corrected chi connectivity index (χ4v) is 3.49. The van der Waals surface area contributed by atoms with E-state index in [4.69, 9.17) is 5.11 Å². The van der Waals surface area contributed by atoms with Crippen LogP contribution in [-0.2, 0) is 11.2 Å². The van der Waals surface area contributed by atoms with Crippen molar-refractivity contribution >= 4 is 5.97 Å². The second kappa shape index (κ2) is 5.96. The number of para-hydroxylation sites is 1. The number of carboxylic acid groups (broad SMARTS) is 1. The van der Waals surface area contributed by atoms with Crippen LogP contribution in [0.3, 0.4) is 0 Å². The maximum Gasteiger partial charge on any atom is 0.303 e. The predicted molar refractivity (Wildman–Crippen MR) is 88.6 cm³/mol. The molecule has 1 unspecified atom stereocenters. The van der Waals surface area contributed by atoms with Crippen molar-refractivity contribution in [3.8, 4) is 11.6 Å². The van der Waals surface area contributed by atoms with Gasteiger partial charge in [0.15, 0.2) is 0 Å². The molecule has 1 N–H and O–H groups in total. The van der Waals surface area contributed by atoms with Gasteiger partial charge in [0.05, 0.1) is 18.3 Å². The van der Waals surface area contributed by atoms with Crippen molar-refractivity contribution in [2.75, 3.05) is 0 Å². The molecule has 6 nitrogen and oxygen atoms in total. The number of fused-ring (bicyclic) bond motifs is 1. The highest BCUT2D eigenvalue weighted by Crippen LogP contribution is 2.34. The zero-order valence-corrected chi connectivity index (χ0v) is 13.2. The van der Waals surface area contributed by atoms with Gasteiger partial charge in [-0.2, -0.15) is 5.10 Å². The lowest BCUT2D eigenvalue weighted by molar-refractivity contribution is -0.137. The zero-order valence-electron chi connectivity index (χ0n) is 13.2. The molecule has 3 aromatic rings. The number of aliphatic carboxylic acids is 1. The first-order chi connectivity index (χ1) is 11.7. The molecular weight excluding hydrogens is 304 g/mol. The molecule has 0 saturated heterocycles. The van der Waals surface area contributed by atoms with Gasteiger partial charge in [-0.25, -0.2) is 9.67 Å². The van der Waals surface area contributed by atoms with Crippen molar-refractivity contribution in [2.45, 2.75) is 31.6 Å². The van der Waals surface area contributed by atoms with Gasteiger partial charge in [0, 0.05) is 18.1 Å². The molecule has 0 spiro atoms. The standard InChI is InChI=1S/C18H18N4O2/c23-17(24)11-13-5-4-8-16-15(13)12-20-22(16)18-19-9-10-21(18)14-6-2-1-3-7-14/h1-3,6-7,9-10,12-13H,4-5,8,11H2,(H,23,24). The number of imidazole rings is 1. The molecule has 0 amide bonds. The van der Waals surface area contributed by atoms with E-state index in [0.717, 1.165) is 42.2 Å². The van der Waals surface area contributed by atoms with Crippen molar-refractivity contribution in [3.63, 3.8) is 0 Å². The molecule has 2 heterocycles. The highest BCUT2D eigenvalue weighted by atomic mass is 16.4. The van der Waals surface area contributed by atoms with Crippen molar-refractivity contribution in [1.29, 1.82) is 0 Å². The summed E-state index contributed by atoms with van der Waals surface area (Å²) in [4.78, 5) is 15.6. The van der Waals surface area contributed by atoms with Crippen LogP contribution in [0.1, 0.15) is 36.4 Å². The Kier molecular flexibility index (Phi) is 3.65. The summed E-state index contributed by atoms with van der Waals surface area (Å²) in [5.41, 5.74) is 3.15. The summed E-state index contributed by atoms with van der Waals surface area (Å²) in [6.07, 6.45) is 8.41. The molecule has 1 atom stereocenters. The maximum atomic E-state index is 11.1. The molecule has 0 aliphatic heterocycles. The monoisotopic (exact) mass is 322 g/mol. The van der Waals surface area contributed by atoms with Crippen molar-refractivity contribution < 1.29 is 9.90 Å². The summed E-state index contributed by atoms with van der Waals surface area (Å²) in [7, 11) is 0. The van der Waals surface area contributed by atoms with Crippen molar-refractivity contribution in [1.82, 2.24) is 19.3 Å². The second-order valence-electron chi connectivity index (χ2n) is 6.08. The van der Waals surface area contributed by atoms with Gasteiger partial charge in [-0.3, -0.25) is 9.36 Å². The Morgan fingerprint density at radius 1 is 1.29 bits per heavy atom. The van der Waals surface area contributed by atoms with Crippen LogP contribution in [0, 0.1) is 0 Å². The molecule has 122 valence electrons. The molecule has 24 heavy (non-hydrogen) atoms. The molecule has 4 rings (SSSR count). The van der Waals surface area contributed by atoms with E-state index in [2.05, 4.69) is 10.1 Å². The number of hydrogen-bond donors (Lipinski definition) is 1. The van der Waals surface area contributed by atoms with E-state index in [-0.39, 0.29) is 12.3 Å². The van der Waals surface area contributed by atoms with Gasteiger partial charge < -0.3 is 5.11 Å². The van der Waals surface area contributed by atoms with Gasteiger partial charge in [-0.1, -0.05) is 18.2 Å². The molecule has 0 bridgehead atoms. The maximum absolute atomic E-state index is 11.1. The molecule has 0 fully saturated rings. The molecule has 1 aromatic carbocycles. The Balaban J connectivity index is 1.76. The van der Waals surface area contributed by atoms with Crippen LogP contribution in [-0.4, -0.2) is 30.4 Å². The van der Waals surface area contributed by atoms with E-state index in [1.165, 1.54) is 0 Å². The normalized spacial score (nSPS) is 16.8. The largest absolute Gasteiger partial charge is 0.481 e. The van der Waals surface area contributed by atoms with E-state index in [1.807, 2.05) is 52.0 Å². The first kappa shape index (κ1) is 14.7. The first-order valence-electron chi connectivity index (χ1n) is 8.12. The molecule has 6 heteroatoms. The van der Waals surface area contributed by atoms with Gasteiger partial charge in [0.25, 0.3) is 0 Å². The van der Waals surface area contributed by atoms with Gasteiger partial charge in [0.1, 0.15) is 0 Å². The smallest absolute Gasteiger partial charge is 0.303 e. The number of benzene rings is 1. The minimum atomic E-state index is -0.758. The second-order valence-corrected chi connectivity index (χ2v) is 6.08. The van der Waals surface area contributed by atoms with E-state index in [0.29, 0.717) is 0 Å². The number of hydrogen-bond acceptors (Lipinski definition) is 3. The van der Waals surface area contributed by atoms with Gasteiger partial charge >= 0.3 is 5.97 Å². The third-order valence-corrected chi connectivity index (χ3v) is 4.57. The van der Waals surface area contributed by atoms with Crippen LogP contribution in [0.25, 0.3) is 11.6 Å². The van der Waals surface area contributed by atoms with E-state index >= 15 is 0 Å². The number of aromatic nitrogens is 4. The van der Waals surface area contributed by atoms with Crippen molar-refractivity contribution in [2.24, 2.45) is 0 Å². The highest BCUT2D eigenvalue weighted by molar-refractivity contribution is 5.68. The Morgan fingerprint density at radius 2 is 2.12 bits per heavy atom. The van der Waals surface area contributed by atoms with E-state index < -0.39 is 5.97 Å². The van der Waals surface area contributed by atoms with Gasteiger partial charge in [-0.05, 0) is 42.9 Å². The fourth-order valence-electron chi connectivity index (χ4n) is 3.49. The summed E-state index contributed by atoms with van der Waals surface area (Å²) < 4.78 is 3.85. The van der Waals surface area contributed by atoms with Crippen LogP contribution in [0.2, 0.25) is 0 Å². The lowest BCUT2D eigenvalue weighted by Crippen LogP contribution is -2.16. The molecule has 1 aliphatic rings. The topological polar surface area (TPSA) is 72.9 Å². The number of rotatable bonds is 4. The molecule has 0 saturated carbocycles. The summed E-state index contributed by atoms with van der Waals surface area (Å²) in [5.74, 6) is 0.0185. The van der Waals surface area contributed by atoms with Crippen molar-refractivity contribution in [3.05, 3.63) is 60.2 Å². The van der Waals surface area contributed by atoms with Crippen LogP contribution in [0.4, 0.5) is 0 Å². The van der Waals surface area contributed by atoms with Gasteiger partial charge in [0.2, 0.25) is 5.95 Å². The average Bonchev–Trinajstić information content (AvgIpc) is 3.22. The fraction of sp³-hybridized carbons (Fsp3) is 0.278. The Bertz CT molecular complexity index is 866. The van der Waals surface area contributed by atoms with Crippen LogP contribution >= 0.6 is 0 Å². The van der Waals surface area contributed by atoms with E-state index in [9.17, 15) is 4.79 Å². The third-order valence-electron chi connectivity index (χ3n) is 4.57. The Labute approximate surface area is 139 Å². The summed E-state index contributed by atoms with van der Waals surface area (Å²) >= 11 is 0. The molecule has 2 aromatic heterocycles. The number of carboxylic acids is 1. The van der Waals surface area contributed by atoms with E-state index in [1.54, 1.807) is 6.20 Å². The van der Waals surface area contributed by atoms with Crippen LogP contribution in [0.15, 0.2) is 48.9 Å². The third kappa shape index (κ3) is 2.50. The lowest BCUT2D eigenvalue weighted by Gasteiger charge is -2.21. The van der Waals surface area contributed by atoms with Gasteiger partial charge in [-0.15, -0.1) is 0 Å². The molecule has 0 radical (unpaired) electrons. The SMILES string of the molecule is O=C(O)CC1CCCc2c1cnn2-c1nccn1-c1ccccc1. The Hall–Kier alpha value is -2.89. The molecular formula is C18H18N4O2. The van der Waals surface area contributed by atoms with Crippen LogP contribution in [0.5, 0.6) is 0 Å². The minimum Gasteiger partial charge on any atom is -0.481 e. The predicted octanol–water partition coefficient (Wildman–Crippen LogP) is 2.95. The zero-order chi connectivity index (χ0) is 16.5. The van der Waals surface area contributed by atoms with Crippen LogP contribution < -0.4 is 0 Å². The summed E-state index contributed by atoms with van der Waals surface area (Å²) in [5, 5.41) is 13.7. The highest BCUT2D eigenvalue weighted by Gasteiger charge is 2.27.